The van der Waals surface area contributed by atoms with Gasteiger partial charge >= 0.3 is 6.09 Å². The third kappa shape index (κ3) is 8.03. The topological polar surface area (TPSA) is 50.4 Å². The maximum atomic E-state index is 11.8. The molecule has 0 spiro atoms. The molecule has 1 amide bonds. The number of hydrogen-bond donors (Lipinski definition) is 2. The zero-order chi connectivity index (χ0) is 17.6. The van der Waals surface area contributed by atoms with Crippen LogP contribution in [-0.4, -0.2) is 24.3 Å². The number of benzene rings is 1. The van der Waals surface area contributed by atoms with E-state index in [0.717, 1.165) is 6.54 Å². The fourth-order valence-corrected chi connectivity index (χ4v) is 2.47. The SMILES string of the molecule is Cc1cc(C)cc(CNC(CNC(=O)OC(C)(C)C)C(C)C)c1. The Balaban J connectivity index is 2.54. The second kappa shape index (κ2) is 8.34. The van der Waals surface area contributed by atoms with Gasteiger partial charge in [0.1, 0.15) is 5.60 Å². The molecule has 0 radical (unpaired) electrons. The van der Waals surface area contributed by atoms with Crippen LogP contribution in [0.25, 0.3) is 0 Å². The van der Waals surface area contributed by atoms with Crippen molar-refractivity contribution >= 4 is 6.09 Å². The van der Waals surface area contributed by atoms with Crippen LogP contribution in [0.4, 0.5) is 4.79 Å². The predicted molar refractivity (Wildman–Crippen MR) is 95.6 cm³/mol. The number of carbonyl (C=O) groups excluding carboxylic acids is 1. The highest BCUT2D eigenvalue weighted by atomic mass is 16.6. The Morgan fingerprint density at radius 3 is 2.17 bits per heavy atom. The zero-order valence-electron chi connectivity index (χ0n) is 15.6. The van der Waals surface area contributed by atoms with E-state index in [2.05, 4.69) is 56.5 Å². The molecule has 0 saturated carbocycles. The van der Waals surface area contributed by atoms with Gasteiger partial charge in [-0.3, -0.25) is 0 Å². The van der Waals surface area contributed by atoms with Crippen molar-refractivity contribution in [2.24, 2.45) is 5.92 Å². The van der Waals surface area contributed by atoms with Gasteiger partial charge in [0.2, 0.25) is 0 Å². The first-order valence-electron chi connectivity index (χ1n) is 8.34. The minimum atomic E-state index is -0.468. The van der Waals surface area contributed by atoms with Crippen LogP contribution in [0.5, 0.6) is 0 Å². The number of aryl methyl sites for hydroxylation is 2. The van der Waals surface area contributed by atoms with E-state index in [0.29, 0.717) is 12.5 Å². The van der Waals surface area contributed by atoms with Gasteiger partial charge in [-0.25, -0.2) is 4.79 Å². The monoisotopic (exact) mass is 320 g/mol. The standard InChI is InChI=1S/C19H32N2O2/c1-13(2)17(12-21-18(22)23-19(5,6)7)20-11-16-9-14(3)8-15(4)10-16/h8-10,13,17,20H,11-12H2,1-7H3,(H,21,22). The first-order chi connectivity index (χ1) is 10.6. The molecule has 4 heteroatoms. The van der Waals surface area contributed by atoms with Crippen molar-refractivity contribution in [1.82, 2.24) is 10.6 Å². The van der Waals surface area contributed by atoms with Gasteiger partial charge in [-0.05, 0) is 46.1 Å². The minimum Gasteiger partial charge on any atom is -0.444 e. The van der Waals surface area contributed by atoms with Crippen molar-refractivity contribution in [3.8, 4) is 0 Å². The van der Waals surface area contributed by atoms with E-state index in [9.17, 15) is 4.79 Å². The van der Waals surface area contributed by atoms with E-state index in [1.54, 1.807) is 0 Å². The number of ether oxygens (including phenoxy) is 1. The molecule has 130 valence electrons. The summed E-state index contributed by atoms with van der Waals surface area (Å²) in [5.74, 6) is 0.413. The highest BCUT2D eigenvalue weighted by Crippen LogP contribution is 2.10. The maximum absolute atomic E-state index is 11.8. The lowest BCUT2D eigenvalue weighted by Crippen LogP contribution is -2.45. The van der Waals surface area contributed by atoms with Crippen LogP contribution in [0.2, 0.25) is 0 Å². The average Bonchev–Trinajstić information content (AvgIpc) is 2.34. The van der Waals surface area contributed by atoms with Gasteiger partial charge in [0.25, 0.3) is 0 Å². The lowest BCUT2D eigenvalue weighted by molar-refractivity contribution is 0.0519. The third-order valence-electron chi connectivity index (χ3n) is 3.52. The molecule has 1 atom stereocenters. The Labute approximate surface area is 141 Å². The predicted octanol–water partition coefficient (Wildman–Crippen LogP) is 3.94. The summed E-state index contributed by atoms with van der Waals surface area (Å²) in [5.41, 5.74) is 3.35. The van der Waals surface area contributed by atoms with Gasteiger partial charge in [0, 0.05) is 19.1 Å². The molecule has 1 rings (SSSR count). The fourth-order valence-electron chi connectivity index (χ4n) is 2.47. The van der Waals surface area contributed by atoms with Crippen molar-refractivity contribution in [2.75, 3.05) is 6.54 Å². The summed E-state index contributed by atoms with van der Waals surface area (Å²) in [7, 11) is 0. The number of amides is 1. The van der Waals surface area contributed by atoms with Gasteiger partial charge in [-0.1, -0.05) is 43.2 Å². The summed E-state index contributed by atoms with van der Waals surface area (Å²) >= 11 is 0. The summed E-state index contributed by atoms with van der Waals surface area (Å²) < 4.78 is 5.28. The Morgan fingerprint density at radius 2 is 1.70 bits per heavy atom. The largest absolute Gasteiger partial charge is 0.444 e. The Hall–Kier alpha value is -1.55. The molecule has 2 N–H and O–H groups in total. The van der Waals surface area contributed by atoms with Crippen LogP contribution in [0.3, 0.4) is 0 Å². The van der Waals surface area contributed by atoms with Crippen LogP contribution in [0.1, 0.15) is 51.3 Å². The van der Waals surface area contributed by atoms with Crippen LogP contribution in [-0.2, 0) is 11.3 Å². The fraction of sp³-hybridized carbons (Fsp3) is 0.632. The van der Waals surface area contributed by atoms with Gasteiger partial charge in [-0.2, -0.15) is 0 Å². The molecular formula is C19H32N2O2. The normalized spacial score (nSPS) is 13.0. The van der Waals surface area contributed by atoms with E-state index >= 15 is 0 Å². The number of rotatable bonds is 6. The molecule has 0 aliphatic heterocycles. The molecule has 0 bridgehead atoms. The van der Waals surface area contributed by atoms with Gasteiger partial charge in [-0.15, -0.1) is 0 Å². The summed E-state index contributed by atoms with van der Waals surface area (Å²) in [4.78, 5) is 11.8. The van der Waals surface area contributed by atoms with Gasteiger partial charge in [0.05, 0.1) is 0 Å². The Bertz CT molecular complexity index is 498. The number of carbonyl (C=O) groups is 1. The summed E-state index contributed by atoms with van der Waals surface area (Å²) in [6, 6.07) is 6.76. The number of hydrogen-bond acceptors (Lipinski definition) is 3. The molecule has 1 unspecified atom stereocenters. The molecule has 1 aromatic rings. The Morgan fingerprint density at radius 1 is 1.13 bits per heavy atom. The zero-order valence-corrected chi connectivity index (χ0v) is 15.6. The Kier molecular flexibility index (Phi) is 7.07. The quantitative estimate of drug-likeness (QED) is 0.834. The summed E-state index contributed by atoms with van der Waals surface area (Å²) in [5, 5.41) is 6.39. The van der Waals surface area contributed by atoms with E-state index < -0.39 is 5.60 Å². The summed E-state index contributed by atoms with van der Waals surface area (Å²) in [6.45, 7) is 15.5. The second-order valence-electron chi connectivity index (χ2n) is 7.61. The molecule has 1 aromatic carbocycles. The highest BCUT2D eigenvalue weighted by molar-refractivity contribution is 5.67. The third-order valence-corrected chi connectivity index (χ3v) is 3.52. The molecule has 0 aliphatic carbocycles. The van der Waals surface area contributed by atoms with E-state index in [1.165, 1.54) is 16.7 Å². The minimum absolute atomic E-state index is 0.198. The van der Waals surface area contributed by atoms with Crippen molar-refractivity contribution in [3.05, 3.63) is 34.9 Å². The first-order valence-corrected chi connectivity index (χ1v) is 8.34. The maximum Gasteiger partial charge on any atom is 0.407 e. The number of alkyl carbamates (subject to hydrolysis) is 1. The summed E-state index contributed by atoms with van der Waals surface area (Å²) in [6.07, 6.45) is -0.364. The number of nitrogens with one attached hydrogen (secondary N) is 2. The van der Waals surface area contributed by atoms with Crippen LogP contribution < -0.4 is 10.6 Å². The van der Waals surface area contributed by atoms with E-state index in [-0.39, 0.29) is 12.1 Å². The van der Waals surface area contributed by atoms with E-state index in [4.69, 9.17) is 4.74 Å². The average molecular weight is 320 g/mol. The smallest absolute Gasteiger partial charge is 0.407 e. The van der Waals surface area contributed by atoms with Crippen molar-refractivity contribution in [1.29, 1.82) is 0 Å². The van der Waals surface area contributed by atoms with Crippen molar-refractivity contribution < 1.29 is 9.53 Å². The van der Waals surface area contributed by atoms with Crippen molar-refractivity contribution in [2.45, 2.75) is 66.7 Å². The molecule has 0 fully saturated rings. The lowest BCUT2D eigenvalue weighted by atomic mass is 10.0. The van der Waals surface area contributed by atoms with Crippen LogP contribution in [0, 0.1) is 19.8 Å². The second-order valence-corrected chi connectivity index (χ2v) is 7.61. The molecule has 0 saturated heterocycles. The molecule has 0 aromatic heterocycles. The van der Waals surface area contributed by atoms with Gasteiger partial charge < -0.3 is 15.4 Å². The van der Waals surface area contributed by atoms with Gasteiger partial charge in [0.15, 0.2) is 0 Å². The lowest BCUT2D eigenvalue weighted by Gasteiger charge is -2.25. The molecule has 0 aliphatic rings. The first kappa shape index (κ1) is 19.5. The van der Waals surface area contributed by atoms with Crippen LogP contribution >= 0.6 is 0 Å². The van der Waals surface area contributed by atoms with Crippen LogP contribution in [0.15, 0.2) is 18.2 Å². The molecule has 0 heterocycles. The van der Waals surface area contributed by atoms with E-state index in [1.807, 2.05) is 20.8 Å². The molecule has 4 nitrogen and oxygen atoms in total. The van der Waals surface area contributed by atoms with Crippen molar-refractivity contribution in [3.63, 3.8) is 0 Å². The highest BCUT2D eigenvalue weighted by Gasteiger charge is 2.18. The molecular weight excluding hydrogens is 288 g/mol. The molecule has 23 heavy (non-hydrogen) atoms.